The first-order valence-electron chi connectivity index (χ1n) is 6.00. The largest absolute Gasteiger partial charge is 0.309 e. The van der Waals surface area contributed by atoms with Crippen molar-refractivity contribution in [3.8, 4) is 0 Å². The van der Waals surface area contributed by atoms with Crippen LogP contribution in [-0.2, 0) is 5.75 Å². The molecule has 1 N–H and O–H groups in total. The molecule has 0 radical (unpaired) electrons. The molecule has 1 heterocycles. The van der Waals surface area contributed by atoms with Crippen molar-refractivity contribution in [3.05, 3.63) is 33.5 Å². The van der Waals surface area contributed by atoms with Crippen molar-refractivity contribution in [2.45, 2.75) is 37.3 Å². The van der Waals surface area contributed by atoms with Gasteiger partial charge in [0, 0.05) is 17.0 Å². The lowest BCUT2D eigenvalue weighted by Crippen LogP contribution is -2.33. The first-order valence-corrected chi connectivity index (χ1v) is 7.85. The number of fused-ring (bicyclic) bond motifs is 1. The summed E-state index contributed by atoms with van der Waals surface area (Å²) in [5.41, 5.74) is 2.37. The Balaban J connectivity index is 2.42. The van der Waals surface area contributed by atoms with E-state index in [1.807, 2.05) is 17.8 Å². The van der Waals surface area contributed by atoms with E-state index in [0.717, 1.165) is 24.3 Å². The summed E-state index contributed by atoms with van der Waals surface area (Å²) in [6, 6.07) is 3.84. The van der Waals surface area contributed by atoms with Gasteiger partial charge in [-0.1, -0.05) is 19.9 Å². The molecule has 94 valence electrons. The van der Waals surface area contributed by atoms with Gasteiger partial charge in [-0.05, 0) is 46.1 Å². The quantitative estimate of drug-likeness (QED) is 0.893. The van der Waals surface area contributed by atoms with E-state index in [1.165, 1.54) is 5.56 Å². The first-order chi connectivity index (χ1) is 8.19. The van der Waals surface area contributed by atoms with Gasteiger partial charge in [0.2, 0.25) is 0 Å². The molecular weight excluding hydrogens is 301 g/mol. The zero-order valence-corrected chi connectivity index (χ0v) is 12.5. The molecule has 1 aromatic carbocycles. The van der Waals surface area contributed by atoms with Crippen molar-refractivity contribution in [2.24, 2.45) is 0 Å². The van der Waals surface area contributed by atoms with Gasteiger partial charge in [0.25, 0.3) is 0 Å². The van der Waals surface area contributed by atoms with E-state index in [2.05, 4.69) is 35.1 Å². The summed E-state index contributed by atoms with van der Waals surface area (Å²) in [6.45, 7) is 5.27. The van der Waals surface area contributed by atoms with E-state index < -0.39 is 0 Å². The van der Waals surface area contributed by atoms with Gasteiger partial charge in [-0.15, -0.1) is 0 Å². The zero-order valence-electron chi connectivity index (χ0n) is 10.1. The standard InChI is InChI=1S/C13H17BrFNS/c1-3-11-13(16-4-2)8-5-6-10(15)12(14)9(8)7-17-11/h5-6,11,13,16H,3-4,7H2,1-2H3. The van der Waals surface area contributed by atoms with Crippen LogP contribution < -0.4 is 5.32 Å². The number of hydrogen-bond acceptors (Lipinski definition) is 2. The molecule has 1 aliphatic rings. The zero-order chi connectivity index (χ0) is 12.4. The fourth-order valence-electron chi connectivity index (χ4n) is 2.35. The first kappa shape index (κ1) is 13.4. The molecular formula is C13H17BrFNS. The van der Waals surface area contributed by atoms with E-state index in [4.69, 9.17) is 0 Å². The van der Waals surface area contributed by atoms with Gasteiger partial charge in [-0.3, -0.25) is 0 Å². The Morgan fingerprint density at radius 3 is 2.88 bits per heavy atom. The summed E-state index contributed by atoms with van der Waals surface area (Å²) >= 11 is 5.29. The molecule has 1 nitrogen and oxygen atoms in total. The Bertz CT molecular complexity index is 411. The Morgan fingerprint density at radius 2 is 2.24 bits per heavy atom. The number of nitrogens with one attached hydrogen (secondary N) is 1. The maximum atomic E-state index is 13.5. The molecule has 4 heteroatoms. The predicted molar refractivity (Wildman–Crippen MR) is 75.9 cm³/mol. The Hall–Kier alpha value is -0.0600. The Kier molecular flexibility index (Phi) is 4.50. The minimum Gasteiger partial charge on any atom is -0.309 e. The molecule has 1 aromatic rings. The molecule has 2 rings (SSSR count). The highest BCUT2D eigenvalue weighted by Gasteiger charge is 2.30. The highest BCUT2D eigenvalue weighted by atomic mass is 79.9. The molecule has 2 atom stereocenters. The summed E-state index contributed by atoms with van der Waals surface area (Å²) in [4.78, 5) is 0. The van der Waals surface area contributed by atoms with Gasteiger partial charge < -0.3 is 5.32 Å². The van der Waals surface area contributed by atoms with Crippen LogP contribution in [0.3, 0.4) is 0 Å². The average Bonchev–Trinajstić information content (AvgIpc) is 2.34. The molecule has 0 saturated carbocycles. The van der Waals surface area contributed by atoms with Crippen molar-refractivity contribution in [1.29, 1.82) is 0 Å². The van der Waals surface area contributed by atoms with Crippen LogP contribution in [0, 0.1) is 5.82 Å². The van der Waals surface area contributed by atoms with Gasteiger partial charge in [-0.2, -0.15) is 11.8 Å². The number of halogens is 2. The average molecular weight is 318 g/mol. The lowest BCUT2D eigenvalue weighted by Gasteiger charge is -2.33. The predicted octanol–water partition coefficient (Wildman–Crippen LogP) is 4.26. The summed E-state index contributed by atoms with van der Waals surface area (Å²) in [6.07, 6.45) is 1.14. The minimum absolute atomic E-state index is 0.158. The van der Waals surface area contributed by atoms with Crippen molar-refractivity contribution in [1.82, 2.24) is 5.32 Å². The van der Waals surface area contributed by atoms with E-state index in [0.29, 0.717) is 15.8 Å². The van der Waals surface area contributed by atoms with Crippen molar-refractivity contribution < 1.29 is 4.39 Å². The minimum atomic E-state index is -0.158. The molecule has 0 aliphatic carbocycles. The second-order valence-electron chi connectivity index (χ2n) is 4.22. The van der Waals surface area contributed by atoms with E-state index in [1.54, 1.807) is 6.07 Å². The molecule has 0 saturated heterocycles. The number of hydrogen-bond donors (Lipinski definition) is 1. The fourth-order valence-corrected chi connectivity index (χ4v) is 4.40. The molecule has 0 aromatic heterocycles. The van der Waals surface area contributed by atoms with Crippen molar-refractivity contribution >= 4 is 27.7 Å². The normalized spacial score (nSPS) is 23.5. The van der Waals surface area contributed by atoms with Gasteiger partial charge in [0.15, 0.2) is 0 Å². The van der Waals surface area contributed by atoms with E-state index in [9.17, 15) is 4.39 Å². The van der Waals surface area contributed by atoms with E-state index >= 15 is 0 Å². The topological polar surface area (TPSA) is 12.0 Å². The molecule has 0 amide bonds. The smallest absolute Gasteiger partial charge is 0.137 e. The number of benzene rings is 1. The van der Waals surface area contributed by atoms with E-state index in [-0.39, 0.29) is 5.82 Å². The monoisotopic (exact) mass is 317 g/mol. The molecule has 17 heavy (non-hydrogen) atoms. The highest BCUT2D eigenvalue weighted by molar-refractivity contribution is 9.10. The Morgan fingerprint density at radius 1 is 1.47 bits per heavy atom. The van der Waals surface area contributed by atoms with Crippen LogP contribution in [0.25, 0.3) is 0 Å². The lowest BCUT2D eigenvalue weighted by molar-refractivity contribution is 0.511. The van der Waals surface area contributed by atoms with Gasteiger partial charge in [-0.25, -0.2) is 4.39 Å². The summed E-state index contributed by atoms with van der Waals surface area (Å²) in [5.74, 6) is 0.739. The van der Waals surface area contributed by atoms with Gasteiger partial charge >= 0.3 is 0 Å². The third kappa shape index (κ3) is 2.54. The second-order valence-corrected chi connectivity index (χ2v) is 6.24. The van der Waals surface area contributed by atoms with Gasteiger partial charge in [0.05, 0.1) is 4.47 Å². The lowest BCUT2D eigenvalue weighted by atomic mass is 9.96. The van der Waals surface area contributed by atoms with Crippen LogP contribution in [0.4, 0.5) is 4.39 Å². The Labute approximate surface area is 115 Å². The van der Waals surface area contributed by atoms with Crippen LogP contribution >= 0.6 is 27.7 Å². The van der Waals surface area contributed by atoms with Crippen molar-refractivity contribution in [3.63, 3.8) is 0 Å². The maximum absolute atomic E-state index is 13.5. The highest BCUT2D eigenvalue weighted by Crippen LogP contribution is 2.42. The molecule has 1 aliphatic heterocycles. The molecule has 2 unspecified atom stereocenters. The van der Waals surface area contributed by atoms with Crippen LogP contribution in [0.5, 0.6) is 0 Å². The number of thioether (sulfide) groups is 1. The third-order valence-electron chi connectivity index (χ3n) is 3.21. The molecule has 0 fully saturated rings. The maximum Gasteiger partial charge on any atom is 0.137 e. The third-order valence-corrected chi connectivity index (χ3v) is 5.55. The second kappa shape index (κ2) is 5.72. The fraction of sp³-hybridized carbons (Fsp3) is 0.538. The number of rotatable bonds is 3. The van der Waals surface area contributed by atoms with Crippen molar-refractivity contribution in [2.75, 3.05) is 6.54 Å². The van der Waals surface area contributed by atoms with Gasteiger partial charge in [0.1, 0.15) is 5.82 Å². The van der Waals surface area contributed by atoms with Crippen LogP contribution in [0.1, 0.15) is 37.4 Å². The summed E-state index contributed by atoms with van der Waals surface area (Å²) in [5, 5.41) is 4.11. The molecule has 0 bridgehead atoms. The molecule has 0 spiro atoms. The van der Waals surface area contributed by atoms with Crippen LogP contribution in [-0.4, -0.2) is 11.8 Å². The SMILES string of the molecule is CCNC1c2ccc(F)c(Br)c2CSC1CC. The van der Waals surface area contributed by atoms with Crippen LogP contribution in [0.2, 0.25) is 0 Å². The summed E-state index contributed by atoms with van der Waals surface area (Å²) < 4.78 is 14.2. The summed E-state index contributed by atoms with van der Waals surface area (Å²) in [7, 11) is 0. The van der Waals surface area contributed by atoms with Crippen LogP contribution in [0.15, 0.2) is 16.6 Å².